The van der Waals surface area contributed by atoms with Crippen molar-refractivity contribution in [3.63, 3.8) is 0 Å². The van der Waals surface area contributed by atoms with Crippen LogP contribution in [0.2, 0.25) is 0 Å². The molecular formula is C20H22O10. The van der Waals surface area contributed by atoms with E-state index in [2.05, 4.69) is 18.9 Å². The first-order chi connectivity index (χ1) is 14.3. The van der Waals surface area contributed by atoms with Gasteiger partial charge in [-0.2, -0.15) is 0 Å². The van der Waals surface area contributed by atoms with Crippen LogP contribution in [0.3, 0.4) is 0 Å². The Morgan fingerprint density at radius 3 is 1.33 bits per heavy atom. The highest BCUT2D eigenvalue weighted by atomic mass is 16.6. The van der Waals surface area contributed by atoms with Crippen molar-refractivity contribution in [3.05, 3.63) is 47.9 Å². The zero-order valence-electron chi connectivity index (χ0n) is 17.0. The van der Waals surface area contributed by atoms with Gasteiger partial charge >= 0.3 is 23.9 Å². The molecule has 162 valence electrons. The maximum atomic E-state index is 11.6. The van der Waals surface area contributed by atoms with E-state index in [4.69, 9.17) is 9.47 Å². The molecule has 10 heteroatoms. The van der Waals surface area contributed by atoms with Crippen molar-refractivity contribution in [2.75, 3.05) is 28.4 Å². The van der Waals surface area contributed by atoms with Gasteiger partial charge in [-0.25, -0.2) is 9.59 Å². The van der Waals surface area contributed by atoms with Crippen LogP contribution in [0, 0.1) is 0 Å². The summed E-state index contributed by atoms with van der Waals surface area (Å²) < 4.78 is 29.5. The predicted molar refractivity (Wildman–Crippen MR) is 101 cm³/mol. The number of benzene rings is 1. The van der Waals surface area contributed by atoms with Crippen molar-refractivity contribution in [1.29, 1.82) is 0 Å². The van der Waals surface area contributed by atoms with Crippen LogP contribution in [-0.4, -0.2) is 52.3 Å². The Morgan fingerprint density at radius 2 is 1.03 bits per heavy atom. The maximum Gasteiger partial charge on any atom is 0.333 e. The van der Waals surface area contributed by atoms with Crippen LogP contribution < -0.4 is 9.47 Å². The molecule has 0 spiro atoms. The molecule has 0 bridgehead atoms. The van der Waals surface area contributed by atoms with Gasteiger partial charge in [0.15, 0.2) is 11.5 Å². The minimum atomic E-state index is -0.746. The van der Waals surface area contributed by atoms with E-state index in [1.165, 1.54) is 40.6 Å². The molecule has 0 heterocycles. The first kappa shape index (κ1) is 24.2. The van der Waals surface area contributed by atoms with Gasteiger partial charge in [-0.05, 0) is 12.1 Å². The SMILES string of the molecule is COC(=O)/C=C(\CC(=O)OC)Oc1ccccc1O/C(=C/C(=O)OC)CC(=O)OC. The number of hydrogen-bond acceptors (Lipinski definition) is 10. The van der Waals surface area contributed by atoms with Gasteiger partial charge in [0.2, 0.25) is 0 Å². The summed E-state index contributed by atoms with van der Waals surface area (Å²) in [5.74, 6) is -2.75. The lowest BCUT2D eigenvalue weighted by atomic mass is 10.2. The molecule has 0 aliphatic carbocycles. The minimum absolute atomic E-state index is 0.0729. The molecule has 0 aromatic heterocycles. The summed E-state index contributed by atoms with van der Waals surface area (Å²) in [7, 11) is 4.71. The second-order valence-electron chi connectivity index (χ2n) is 5.42. The molecule has 0 unspecified atom stereocenters. The average molecular weight is 422 g/mol. The number of para-hydroxylation sites is 2. The van der Waals surface area contributed by atoms with Crippen LogP contribution in [0.15, 0.2) is 47.9 Å². The Labute approximate surface area is 172 Å². The lowest BCUT2D eigenvalue weighted by molar-refractivity contribution is -0.141. The van der Waals surface area contributed by atoms with Crippen LogP contribution in [-0.2, 0) is 38.1 Å². The van der Waals surface area contributed by atoms with Crippen LogP contribution in [0.25, 0.3) is 0 Å². The molecule has 0 aliphatic rings. The zero-order chi connectivity index (χ0) is 22.5. The summed E-state index contributed by atoms with van der Waals surface area (Å²) >= 11 is 0. The molecule has 0 amide bonds. The van der Waals surface area contributed by atoms with Crippen LogP contribution >= 0.6 is 0 Å². The number of esters is 4. The summed E-state index contributed by atoms with van der Waals surface area (Å²) in [5.41, 5.74) is 0. The third kappa shape index (κ3) is 8.46. The van der Waals surface area contributed by atoms with Crippen molar-refractivity contribution >= 4 is 23.9 Å². The van der Waals surface area contributed by atoms with Gasteiger partial charge < -0.3 is 28.4 Å². The Kier molecular flexibility index (Phi) is 10.2. The number of hydrogen-bond donors (Lipinski definition) is 0. The number of carbonyl (C=O) groups excluding carboxylic acids is 4. The number of ether oxygens (including phenoxy) is 6. The van der Waals surface area contributed by atoms with Gasteiger partial charge in [0.05, 0.1) is 40.6 Å². The molecule has 1 rings (SSSR count). The van der Waals surface area contributed by atoms with Crippen molar-refractivity contribution in [2.45, 2.75) is 12.8 Å². The summed E-state index contributed by atoms with van der Waals surface area (Å²) in [6, 6.07) is 6.21. The predicted octanol–water partition coefficient (Wildman–Crippen LogP) is 1.68. The van der Waals surface area contributed by atoms with E-state index < -0.39 is 23.9 Å². The van der Waals surface area contributed by atoms with Crippen LogP contribution in [0.4, 0.5) is 0 Å². The summed E-state index contributed by atoms with van der Waals surface area (Å²) in [4.78, 5) is 46.4. The first-order valence-corrected chi connectivity index (χ1v) is 8.48. The Hall–Kier alpha value is -3.82. The van der Waals surface area contributed by atoms with Crippen LogP contribution in [0.1, 0.15) is 12.8 Å². The second kappa shape index (κ2) is 12.6. The summed E-state index contributed by atoms with van der Waals surface area (Å²) in [5, 5.41) is 0. The Balaban J connectivity index is 3.21. The summed E-state index contributed by atoms with van der Waals surface area (Å²) in [6.45, 7) is 0. The molecule has 0 saturated carbocycles. The molecule has 0 radical (unpaired) electrons. The molecule has 0 saturated heterocycles. The van der Waals surface area contributed by atoms with Crippen molar-refractivity contribution in [2.24, 2.45) is 0 Å². The molecule has 0 atom stereocenters. The van der Waals surface area contributed by atoms with Crippen LogP contribution in [0.5, 0.6) is 11.5 Å². The molecule has 1 aromatic rings. The normalized spacial score (nSPS) is 11.2. The van der Waals surface area contributed by atoms with E-state index in [1.807, 2.05) is 0 Å². The highest BCUT2D eigenvalue weighted by Crippen LogP contribution is 2.31. The molecule has 0 fully saturated rings. The largest absolute Gasteiger partial charge is 0.469 e. The highest BCUT2D eigenvalue weighted by molar-refractivity contribution is 5.84. The number of methoxy groups -OCH3 is 4. The van der Waals surface area contributed by atoms with Gasteiger partial charge in [0.1, 0.15) is 24.4 Å². The van der Waals surface area contributed by atoms with E-state index in [-0.39, 0.29) is 35.9 Å². The second-order valence-corrected chi connectivity index (χ2v) is 5.42. The van der Waals surface area contributed by atoms with Crippen molar-refractivity contribution in [1.82, 2.24) is 0 Å². The third-order valence-corrected chi connectivity index (χ3v) is 3.38. The number of carbonyl (C=O) groups is 4. The van der Waals surface area contributed by atoms with E-state index in [0.717, 1.165) is 12.2 Å². The highest BCUT2D eigenvalue weighted by Gasteiger charge is 2.17. The fourth-order valence-corrected chi connectivity index (χ4v) is 1.94. The van der Waals surface area contributed by atoms with Crippen molar-refractivity contribution < 1.29 is 47.6 Å². The summed E-state index contributed by atoms with van der Waals surface area (Å²) in [6.07, 6.45) is 1.25. The fourth-order valence-electron chi connectivity index (χ4n) is 1.94. The van der Waals surface area contributed by atoms with E-state index >= 15 is 0 Å². The molecule has 1 aromatic carbocycles. The monoisotopic (exact) mass is 422 g/mol. The lowest BCUT2D eigenvalue weighted by Crippen LogP contribution is -2.11. The van der Waals surface area contributed by atoms with Gasteiger partial charge in [-0.3, -0.25) is 9.59 Å². The van der Waals surface area contributed by atoms with E-state index in [0.29, 0.717) is 0 Å². The molecular weight excluding hydrogens is 400 g/mol. The molecule has 0 aliphatic heterocycles. The van der Waals surface area contributed by atoms with Gasteiger partial charge in [-0.15, -0.1) is 0 Å². The zero-order valence-corrected chi connectivity index (χ0v) is 17.0. The Bertz CT molecular complexity index is 769. The smallest absolute Gasteiger partial charge is 0.333 e. The van der Waals surface area contributed by atoms with Gasteiger partial charge in [0.25, 0.3) is 0 Å². The standard InChI is InChI=1S/C20H22O10/c1-25-17(21)9-13(10-18(22)26-2)29-15-7-5-6-8-16(15)30-14(11-19(23)27-3)12-20(24)28-4/h5-9,11H,10,12H2,1-4H3/b13-9+,14-11+. The first-order valence-electron chi connectivity index (χ1n) is 8.48. The Morgan fingerprint density at radius 1 is 0.667 bits per heavy atom. The number of rotatable bonds is 10. The molecule has 0 N–H and O–H groups in total. The van der Waals surface area contributed by atoms with E-state index in [1.54, 1.807) is 12.1 Å². The average Bonchev–Trinajstić information content (AvgIpc) is 2.74. The minimum Gasteiger partial charge on any atom is -0.469 e. The van der Waals surface area contributed by atoms with Gasteiger partial charge in [-0.1, -0.05) is 12.1 Å². The van der Waals surface area contributed by atoms with Gasteiger partial charge in [0, 0.05) is 0 Å². The quantitative estimate of drug-likeness (QED) is 0.238. The third-order valence-electron chi connectivity index (χ3n) is 3.38. The van der Waals surface area contributed by atoms with E-state index in [9.17, 15) is 19.2 Å². The maximum absolute atomic E-state index is 11.6. The lowest BCUT2D eigenvalue weighted by Gasteiger charge is -2.15. The fraction of sp³-hybridized carbons (Fsp3) is 0.300. The molecule has 30 heavy (non-hydrogen) atoms. The molecule has 10 nitrogen and oxygen atoms in total. The topological polar surface area (TPSA) is 124 Å². The van der Waals surface area contributed by atoms with Crippen molar-refractivity contribution in [3.8, 4) is 11.5 Å².